The van der Waals surface area contributed by atoms with Crippen molar-refractivity contribution in [3.8, 4) is 11.1 Å². The Balaban J connectivity index is 0.00000486. The van der Waals surface area contributed by atoms with Gasteiger partial charge in [0.05, 0.1) is 29.5 Å². The second-order valence-electron chi connectivity index (χ2n) is 26.9. The first-order valence-electron chi connectivity index (χ1n) is 34.3. The third-order valence-electron chi connectivity index (χ3n) is 20.0. The van der Waals surface area contributed by atoms with E-state index in [2.05, 4.69) is 32.6 Å². The number of likely N-dealkylation sites (tertiary alicyclic amines) is 2. The highest BCUT2D eigenvalue weighted by molar-refractivity contribution is 5.96. The summed E-state index contributed by atoms with van der Waals surface area (Å²) < 4.78 is 116. The number of alkyl halides is 6. The lowest BCUT2D eigenvalue weighted by Gasteiger charge is -2.44. The van der Waals surface area contributed by atoms with Gasteiger partial charge < -0.3 is 48.9 Å². The van der Waals surface area contributed by atoms with E-state index in [-0.39, 0.29) is 98.8 Å². The van der Waals surface area contributed by atoms with Crippen molar-refractivity contribution >= 4 is 78.3 Å². The maximum Gasteiger partial charge on any atom is 0.416 e. The molecule has 0 saturated carbocycles. The van der Waals surface area contributed by atoms with Crippen LogP contribution in [-0.4, -0.2) is 177 Å². The third kappa shape index (κ3) is 20.9. The van der Waals surface area contributed by atoms with Crippen LogP contribution in [-0.2, 0) is 53.6 Å². The van der Waals surface area contributed by atoms with Crippen molar-refractivity contribution < 1.29 is 68.9 Å². The monoisotopic (exact) mass is 1480 g/mol. The fourth-order valence-corrected chi connectivity index (χ4v) is 14.1. The van der Waals surface area contributed by atoms with E-state index in [1.165, 1.54) is 24.3 Å². The molecule has 26 heteroatoms. The lowest BCUT2D eigenvalue weighted by atomic mass is 9.72. The Morgan fingerprint density at radius 2 is 1.29 bits per heavy atom. The maximum atomic E-state index is 14.3. The van der Waals surface area contributed by atoms with E-state index in [9.17, 15) is 54.7 Å². The average molecular weight is 1480 g/mol. The van der Waals surface area contributed by atoms with Gasteiger partial charge in [0.15, 0.2) is 0 Å². The molecule has 5 amide bonds. The molecule has 0 radical (unpaired) electrons. The zero-order chi connectivity index (χ0) is 70.5. The van der Waals surface area contributed by atoms with Crippen molar-refractivity contribution in [2.24, 2.45) is 0 Å². The zero-order valence-electron chi connectivity index (χ0n) is 57.9. The van der Waals surface area contributed by atoms with E-state index in [0.717, 1.165) is 84.6 Å². The van der Waals surface area contributed by atoms with Crippen LogP contribution in [0.3, 0.4) is 0 Å². The molecule has 6 aromatic rings. The Morgan fingerprint density at radius 3 is 1.96 bits per heavy atom. The predicted molar refractivity (Wildman–Crippen MR) is 386 cm³/mol. The highest BCUT2D eigenvalue weighted by Gasteiger charge is 2.50. The largest absolute Gasteiger partial charge is 0.446 e. The number of likely N-dealkylation sites (N-methyl/N-ethyl adjacent to an activating group) is 2. The summed E-state index contributed by atoms with van der Waals surface area (Å²) in [5.74, 6) is -1.79. The van der Waals surface area contributed by atoms with Crippen LogP contribution in [0.25, 0.3) is 11.1 Å². The Labute approximate surface area is 611 Å². The Hall–Kier alpha value is -7.51. The number of para-hydroxylation sites is 1. The van der Waals surface area contributed by atoms with Gasteiger partial charge in [-0.05, 0) is 168 Å². The second-order valence-corrected chi connectivity index (χ2v) is 26.9. The van der Waals surface area contributed by atoms with Gasteiger partial charge in [-0.3, -0.25) is 24.5 Å². The number of carbonyl (C=O) groups excluding carboxylic acids is 5. The Morgan fingerprint density at radius 1 is 0.667 bits per heavy atom. The van der Waals surface area contributed by atoms with Crippen LogP contribution in [0.1, 0.15) is 127 Å². The minimum Gasteiger partial charge on any atom is -0.446 e. The van der Waals surface area contributed by atoms with Crippen molar-refractivity contribution in [2.45, 2.75) is 126 Å². The number of ether oxygens (including phenoxy) is 3. The fourth-order valence-electron chi connectivity index (χ4n) is 14.1. The van der Waals surface area contributed by atoms with Crippen molar-refractivity contribution in [1.29, 1.82) is 0 Å². The molecule has 102 heavy (non-hydrogen) atoms. The average Bonchev–Trinajstić information content (AvgIpc) is 1.60. The van der Waals surface area contributed by atoms with Gasteiger partial charge in [-0.15, -0.1) is 37.2 Å². The summed E-state index contributed by atoms with van der Waals surface area (Å²) in [7, 11) is 3.58. The number of nitrogens with zero attached hydrogens (tertiary/aromatic N) is 6. The molecule has 3 heterocycles. The molecule has 2 atom stereocenters. The topological polar surface area (TPSA) is 157 Å². The molecule has 6 aromatic carbocycles. The molecule has 10 rings (SSSR count). The number of rotatable bonds is 27. The lowest BCUT2D eigenvalue weighted by molar-refractivity contribution is -0.143. The smallest absolute Gasteiger partial charge is 0.416 e. The zero-order valence-corrected chi connectivity index (χ0v) is 60.3. The maximum absolute atomic E-state index is 14.3. The summed E-state index contributed by atoms with van der Waals surface area (Å²) in [6, 6.07) is 39.3. The van der Waals surface area contributed by atoms with Gasteiger partial charge in [0.1, 0.15) is 30.9 Å². The molecule has 0 aromatic heterocycles. The van der Waals surface area contributed by atoms with Crippen molar-refractivity contribution in [1.82, 2.24) is 29.4 Å². The Kier molecular flexibility index (Phi) is 29.5. The molecule has 2 N–H and O–H groups in total. The fraction of sp³-hybridized carbons (Fsp3) is 0.461. The van der Waals surface area contributed by atoms with Gasteiger partial charge in [0.25, 0.3) is 11.8 Å². The summed E-state index contributed by atoms with van der Waals surface area (Å²) in [6.07, 6.45) is -4.04. The van der Waals surface area contributed by atoms with Crippen LogP contribution in [0.5, 0.6) is 0 Å². The number of piperidine rings is 2. The SMILES string of the molecule is CC(C)N(CCCN(C)C(=O)CO[C@H]1Cc2ccccc2C12CCN(CC[C@@]1(c3ccc(F)cc3)CN(C(=O)c3cc(C(F)(F)F)cc(C(F)(F)F)c3)CO1)CC2)C(=O)c1ccc(NCCCCCC(=O)N(C)CCN2CCC(OC(=O)Nc3ccccc3-c3ccccc3)CC2)cc1.Cl.Cl.Cl. The number of benzene rings is 6. The van der Waals surface area contributed by atoms with Gasteiger partial charge in [-0.25, -0.2) is 9.18 Å². The molecule has 3 aliphatic heterocycles. The van der Waals surface area contributed by atoms with Crippen LogP contribution >= 0.6 is 37.2 Å². The Bertz CT molecular complexity index is 3700. The van der Waals surface area contributed by atoms with Crippen LogP contribution < -0.4 is 10.6 Å². The number of anilines is 2. The predicted octanol–water partition coefficient (Wildman–Crippen LogP) is 15.0. The van der Waals surface area contributed by atoms with Gasteiger partial charge in [-0.2, -0.15) is 26.3 Å². The van der Waals surface area contributed by atoms with E-state index >= 15 is 0 Å². The molecular formula is C76H92Cl3F7N8O8. The van der Waals surface area contributed by atoms with E-state index in [4.69, 9.17) is 14.2 Å². The van der Waals surface area contributed by atoms with E-state index < -0.39 is 64.6 Å². The molecule has 3 fully saturated rings. The molecule has 4 aliphatic rings. The first-order valence-corrected chi connectivity index (χ1v) is 34.3. The van der Waals surface area contributed by atoms with Gasteiger partial charge >= 0.3 is 18.4 Å². The molecule has 16 nitrogen and oxygen atoms in total. The minimum absolute atomic E-state index is 0. The van der Waals surface area contributed by atoms with Crippen molar-refractivity contribution in [3.63, 3.8) is 0 Å². The van der Waals surface area contributed by atoms with Gasteiger partial charge in [-0.1, -0.05) is 91.3 Å². The minimum atomic E-state index is -5.15. The third-order valence-corrected chi connectivity index (χ3v) is 20.0. The second kappa shape index (κ2) is 36.8. The number of amides is 5. The molecule has 3 saturated heterocycles. The highest BCUT2D eigenvalue weighted by atomic mass is 35.5. The van der Waals surface area contributed by atoms with Crippen LogP contribution in [0.4, 0.5) is 46.9 Å². The number of hydrogen-bond donors (Lipinski definition) is 2. The summed E-state index contributed by atoms with van der Waals surface area (Å²) in [5.41, 5.74) is 1.20. The standard InChI is InChI=1S/C76H89F7N8O8.3ClH/c1-53(2)91(71(95)55-23-29-62(30-24-55)84-36-14-6-9-22-68(92)87(4)44-45-88-39-31-63(32-40-88)99-72(96)85-66-21-13-11-19-64(66)54-16-7-5-8-17-54)38-15-37-86(3)69(93)50-97-67-48-56-18-10-12-20-65(56)73(67)33-41-89(42-34-73)43-35-74(58-25-27-61(77)28-26-58)51-90(52-98-74)70(94)57-46-59(75(78,79)80)49-60(47-57)76(81,82)83;;;/h5,7-8,10-13,16-21,23-30,46-47,49,53,63,67,84H,6,9,14-15,22,31-45,48,50-52H2,1-4H3,(H,85,96);3*1H/t67-,74-;;;/m0.../s1. The van der Waals surface area contributed by atoms with Crippen LogP contribution in [0, 0.1) is 5.82 Å². The number of unbranched alkanes of at least 4 members (excludes halogenated alkanes) is 2. The number of halogens is 10. The number of carbonyl (C=O) groups is 5. The molecule has 1 spiro atoms. The number of hydrogen-bond acceptors (Lipinski definition) is 11. The first-order chi connectivity index (χ1) is 47.4. The van der Waals surface area contributed by atoms with Crippen molar-refractivity contribution in [3.05, 3.63) is 190 Å². The normalized spacial score (nSPS) is 17.6. The summed E-state index contributed by atoms with van der Waals surface area (Å²) in [4.78, 5) is 78.2. The van der Waals surface area contributed by atoms with Gasteiger partial charge in [0.2, 0.25) is 11.8 Å². The van der Waals surface area contributed by atoms with Crippen LogP contribution in [0.2, 0.25) is 0 Å². The molecule has 554 valence electrons. The van der Waals surface area contributed by atoms with E-state index in [0.29, 0.717) is 107 Å². The summed E-state index contributed by atoms with van der Waals surface area (Å²) in [5, 5.41) is 6.37. The summed E-state index contributed by atoms with van der Waals surface area (Å²) in [6.45, 7) is 9.25. The molecule has 0 unspecified atom stereocenters. The lowest BCUT2D eigenvalue weighted by Crippen LogP contribution is -2.50. The summed E-state index contributed by atoms with van der Waals surface area (Å²) >= 11 is 0. The first kappa shape index (κ1) is 81.8. The number of fused-ring (bicyclic) bond motifs is 2. The highest BCUT2D eigenvalue weighted by Crippen LogP contribution is 2.49. The van der Waals surface area contributed by atoms with Crippen molar-refractivity contribution in [2.75, 3.05) is 110 Å². The van der Waals surface area contributed by atoms with E-state index in [1.807, 2.05) is 112 Å². The molecular weight excluding hydrogens is 1390 g/mol. The molecule has 0 bridgehead atoms. The van der Waals surface area contributed by atoms with Gasteiger partial charge in [0, 0.05) is 107 Å². The van der Waals surface area contributed by atoms with Crippen LogP contribution in [0.15, 0.2) is 146 Å². The number of nitrogens with one attached hydrogen (secondary N) is 2. The van der Waals surface area contributed by atoms with E-state index in [1.54, 1.807) is 21.7 Å². The molecule has 1 aliphatic carbocycles. The quantitative estimate of drug-likeness (QED) is 0.0374.